The monoisotopic (exact) mass is 243 g/mol. The van der Waals surface area contributed by atoms with Crippen molar-refractivity contribution < 1.29 is 0 Å². The van der Waals surface area contributed by atoms with Crippen LogP contribution in [0.3, 0.4) is 0 Å². The number of H-pyrrole nitrogens is 1. The first-order valence-electron chi connectivity index (χ1n) is 6.69. The van der Waals surface area contributed by atoms with Crippen LogP contribution in [0.1, 0.15) is 18.9 Å². The maximum Gasteiger partial charge on any atom is 0.0555 e. The predicted molar refractivity (Wildman–Crippen MR) is 75.8 cm³/mol. The molecule has 0 bridgehead atoms. The average Bonchev–Trinajstić information content (AvgIpc) is 2.71. The van der Waals surface area contributed by atoms with Gasteiger partial charge in [0.2, 0.25) is 0 Å². The lowest BCUT2D eigenvalue weighted by Gasteiger charge is -2.32. The van der Waals surface area contributed by atoms with Crippen molar-refractivity contribution in [3.05, 3.63) is 36.0 Å². The van der Waals surface area contributed by atoms with Gasteiger partial charge in [0.25, 0.3) is 0 Å². The Bertz CT molecular complexity index is 545. The fourth-order valence-corrected chi connectivity index (χ4v) is 3.10. The second-order valence-electron chi connectivity index (χ2n) is 5.60. The Labute approximate surface area is 108 Å². The molecule has 1 aromatic heterocycles. The van der Waals surface area contributed by atoms with Crippen LogP contribution < -0.4 is 5.32 Å². The lowest BCUT2D eigenvalue weighted by atomic mass is 9.91. The second kappa shape index (κ2) is 4.41. The number of benzene rings is 1. The van der Waals surface area contributed by atoms with Gasteiger partial charge in [0, 0.05) is 23.6 Å². The van der Waals surface area contributed by atoms with Gasteiger partial charge < -0.3 is 15.2 Å². The Morgan fingerprint density at radius 2 is 2.11 bits per heavy atom. The Hall–Kier alpha value is -1.32. The van der Waals surface area contributed by atoms with E-state index in [-0.39, 0.29) is 5.54 Å². The van der Waals surface area contributed by atoms with E-state index in [2.05, 4.69) is 59.6 Å². The lowest BCUT2D eigenvalue weighted by Crippen LogP contribution is -2.45. The molecule has 1 saturated heterocycles. The molecule has 0 amide bonds. The smallest absolute Gasteiger partial charge is 0.0555 e. The van der Waals surface area contributed by atoms with Crippen molar-refractivity contribution in [2.45, 2.75) is 18.9 Å². The van der Waals surface area contributed by atoms with Crippen LogP contribution in [0.5, 0.6) is 0 Å². The third kappa shape index (κ3) is 1.93. The van der Waals surface area contributed by atoms with Gasteiger partial charge in [0.05, 0.1) is 5.54 Å². The summed E-state index contributed by atoms with van der Waals surface area (Å²) in [5, 5.41) is 5.06. The van der Waals surface area contributed by atoms with E-state index in [4.69, 9.17) is 0 Å². The van der Waals surface area contributed by atoms with E-state index in [0.717, 1.165) is 13.1 Å². The Morgan fingerprint density at radius 1 is 1.28 bits per heavy atom. The summed E-state index contributed by atoms with van der Waals surface area (Å²) >= 11 is 0. The number of para-hydroxylation sites is 1. The number of rotatable bonds is 1. The summed E-state index contributed by atoms with van der Waals surface area (Å²) in [6.45, 7) is 5.62. The highest BCUT2D eigenvalue weighted by atomic mass is 15.2. The first-order valence-corrected chi connectivity index (χ1v) is 6.69. The van der Waals surface area contributed by atoms with Crippen LogP contribution in [0, 0.1) is 0 Å². The van der Waals surface area contributed by atoms with Crippen LogP contribution in [-0.4, -0.2) is 36.6 Å². The maximum absolute atomic E-state index is 3.72. The summed E-state index contributed by atoms with van der Waals surface area (Å²) in [4.78, 5) is 5.81. The van der Waals surface area contributed by atoms with E-state index in [0.29, 0.717) is 0 Å². The summed E-state index contributed by atoms with van der Waals surface area (Å²) in [7, 11) is 2.21. The van der Waals surface area contributed by atoms with Crippen LogP contribution >= 0.6 is 0 Å². The predicted octanol–water partition coefficient (Wildman–Crippen LogP) is 2.31. The van der Waals surface area contributed by atoms with Gasteiger partial charge >= 0.3 is 0 Å². The van der Waals surface area contributed by atoms with Gasteiger partial charge in [-0.05, 0) is 45.1 Å². The SMILES string of the molecule is CN1CCCNC(C)(c2c[nH]c3ccccc23)C1. The van der Waals surface area contributed by atoms with Crippen molar-refractivity contribution in [3.63, 3.8) is 0 Å². The molecule has 3 nitrogen and oxygen atoms in total. The number of aromatic amines is 1. The average molecular weight is 243 g/mol. The van der Waals surface area contributed by atoms with Crippen molar-refractivity contribution in [1.82, 2.24) is 15.2 Å². The van der Waals surface area contributed by atoms with Gasteiger partial charge in [0.1, 0.15) is 0 Å². The van der Waals surface area contributed by atoms with Crippen molar-refractivity contribution in [2.24, 2.45) is 0 Å². The van der Waals surface area contributed by atoms with E-state index >= 15 is 0 Å². The highest BCUT2D eigenvalue weighted by Crippen LogP contribution is 2.30. The normalized spacial score (nSPS) is 26.3. The van der Waals surface area contributed by atoms with E-state index in [9.17, 15) is 0 Å². The molecule has 96 valence electrons. The third-order valence-corrected chi connectivity index (χ3v) is 4.00. The molecular formula is C15H21N3. The fourth-order valence-electron chi connectivity index (χ4n) is 3.10. The highest BCUT2D eigenvalue weighted by molar-refractivity contribution is 5.84. The molecule has 0 aliphatic carbocycles. The molecule has 1 fully saturated rings. The minimum absolute atomic E-state index is 0.0326. The topological polar surface area (TPSA) is 31.1 Å². The summed E-state index contributed by atoms with van der Waals surface area (Å²) < 4.78 is 0. The molecule has 3 rings (SSSR count). The molecular weight excluding hydrogens is 222 g/mol. The minimum Gasteiger partial charge on any atom is -0.361 e. The molecule has 0 spiro atoms. The molecule has 18 heavy (non-hydrogen) atoms. The molecule has 2 aromatic rings. The molecule has 1 unspecified atom stereocenters. The Morgan fingerprint density at radius 3 is 3.00 bits per heavy atom. The van der Waals surface area contributed by atoms with Crippen LogP contribution in [0.25, 0.3) is 10.9 Å². The number of fused-ring (bicyclic) bond motifs is 1. The van der Waals surface area contributed by atoms with E-state index in [1.807, 2.05) is 0 Å². The van der Waals surface area contributed by atoms with E-state index < -0.39 is 0 Å². The van der Waals surface area contributed by atoms with E-state index in [1.165, 1.54) is 29.4 Å². The number of hydrogen-bond donors (Lipinski definition) is 2. The fraction of sp³-hybridized carbons (Fsp3) is 0.467. The summed E-state index contributed by atoms with van der Waals surface area (Å²) in [6, 6.07) is 8.54. The summed E-state index contributed by atoms with van der Waals surface area (Å²) in [5.41, 5.74) is 2.64. The molecule has 0 saturated carbocycles. The number of nitrogens with one attached hydrogen (secondary N) is 2. The van der Waals surface area contributed by atoms with Gasteiger partial charge in [-0.15, -0.1) is 0 Å². The molecule has 1 aromatic carbocycles. The number of likely N-dealkylation sites (N-methyl/N-ethyl adjacent to an activating group) is 1. The maximum atomic E-state index is 3.72. The Balaban J connectivity index is 2.06. The number of hydrogen-bond acceptors (Lipinski definition) is 2. The van der Waals surface area contributed by atoms with Crippen LogP contribution in [0.2, 0.25) is 0 Å². The zero-order valence-corrected chi connectivity index (χ0v) is 11.2. The van der Waals surface area contributed by atoms with Gasteiger partial charge in [0.15, 0.2) is 0 Å². The molecule has 3 heteroatoms. The van der Waals surface area contributed by atoms with Crippen LogP contribution in [-0.2, 0) is 5.54 Å². The number of aromatic nitrogens is 1. The lowest BCUT2D eigenvalue weighted by molar-refractivity contribution is 0.261. The molecule has 2 N–H and O–H groups in total. The third-order valence-electron chi connectivity index (χ3n) is 4.00. The van der Waals surface area contributed by atoms with Crippen molar-refractivity contribution in [1.29, 1.82) is 0 Å². The van der Waals surface area contributed by atoms with Gasteiger partial charge in [-0.2, -0.15) is 0 Å². The van der Waals surface area contributed by atoms with Crippen LogP contribution in [0.15, 0.2) is 30.5 Å². The highest BCUT2D eigenvalue weighted by Gasteiger charge is 2.31. The van der Waals surface area contributed by atoms with E-state index in [1.54, 1.807) is 0 Å². The molecule has 1 aliphatic heterocycles. The molecule has 1 atom stereocenters. The van der Waals surface area contributed by atoms with Crippen molar-refractivity contribution >= 4 is 10.9 Å². The molecule has 0 radical (unpaired) electrons. The largest absolute Gasteiger partial charge is 0.361 e. The second-order valence-corrected chi connectivity index (χ2v) is 5.60. The van der Waals surface area contributed by atoms with Crippen molar-refractivity contribution in [3.8, 4) is 0 Å². The van der Waals surface area contributed by atoms with Gasteiger partial charge in [-0.3, -0.25) is 0 Å². The quantitative estimate of drug-likeness (QED) is 0.805. The van der Waals surface area contributed by atoms with Gasteiger partial charge in [-0.1, -0.05) is 18.2 Å². The van der Waals surface area contributed by atoms with Gasteiger partial charge in [-0.25, -0.2) is 0 Å². The zero-order valence-electron chi connectivity index (χ0n) is 11.2. The standard InChI is InChI=1S/C15H21N3/c1-15(11-18(2)9-5-8-17-15)13-10-16-14-7-4-3-6-12(13)14/h3-4,6-7,10,16-17H,5,8-9,11H2,1-2H3. The summed E-state index contributed by atoms with van der Waals surface area (Å²) in [5.74, 6) is 0. The van der Waals surface area contributed by atoms with Crippen molar-refractivity contribution in [2.75, 3.05) is 26.7 Å². The number of nitrogens with zero attached hydrogens (tertiary/aromatic N) is 1. The molecule has 1 aliphatic rings. The first-order chi connectivity index (χ1) is 8.69. The molecule has 2 heterocycles. The summed E-state index contributed by atoms with van der Waals surface area (Å²) in [6.07, 6.45) is 3.38. The minimum atomic E-state index is 0.0326. The van der Waals surface area contributed by atoms with Crippen LogP contribution in [0.4, 0.5) is 0 Å². The Kier molecular flexibility index (Phi) is 2.88. The zero-order chi connectivity index (χ0) is 12.6. The first kappa shape index (κ1) is 11.8.